The van der Waals surface area contributed by atoms with Crippen molar-refractivity contribution in [2.24, 2.45) is 0 Å². The third-order valence-corrected chi connectivity index (χ3v) is 2.20. The van der Waals surface area contributed by atoms with E-state index in [1.165, 1.54) is 11.9 Å². The molecule has 1 amide bonds. The van der Waals surface area contributed by atoms with Crippen molar-refractivity contribution in [2.75, 3.05) is 33.4 Å². The minimum atomic E-state index is -0.730. The van der Waals surface area contributed by atoms with Gasteiger partial charge in [0.05, 0.1) is 19.8 Å². The molecular weight excluding hydrogens is 242 g/mol. The minimum absolute atomic E-state index is 0.0861. The number of hydrogen-bond donors (Lipinski definition) is 3. The van der Waals surface area contributed by atoms with Crippen LogP contribution in [0.5, 0.6) is 0 Å². The van der Waals surface area contributed by atoms with Crippen LogP contribution in [0.15, 0.2) is 15.8 Å². The molecule has 0 atom stereocenters. The van der Waals surface area contributed by atoms with Gasteiger partial charge in [0.1, 0.15) is 5.56 Å². The van der Waals surface area contributed by atoms with Gasteiger partial charge in [-0.2, -0.15) is 0 Å². The van der Waals surface area contributed by atoms with Crippen molar-refractivity contribution in [3.63, 3.8) is 0 Å². The second kappa shape index (κ2) is 6.72. The van der Waals surface area contributed by atoms with Crippen molar-refractivity contribution in [3.8, 4) is 0 Å². The molecule has 0 bridgehead atoms. The number of amides is 1. The molecule has 0 aliphatic heterocycles. The summed E-state index contributed by atoms with van der Waals surface area (Å²) >= 11 is 0. The zero-order valence-corrected chi connectivity index (χ0v) is 9.93. The highest BCUT2D eigenvalue weighted by Gasteiger charge is 2.15. The van der Waals surface area contributed by atoms with E-state index in [9.17, 15) is 14.4 Å². The van der Waals surface area contributed by atoms with Gasteiger partial charge < -0.3 is 19.7 Å². The van der Waals surface area contributed by atoms with Crippen LogP contribution >= 0.6 is 0 Å². The van der Waals surface area contributed by atoms with Crippen molar-refractivity contribution in [1.29, 1.82) is 0 Å². The van der Waals surface area contributed by atoms with Gasteiger partial charge in [-0.25, -0.2) is 4.79 Å². The lowest BCUT2D eigenvalue weighted by molar-refractivity contribution is 0.0617. The molecule has 0 unspecified atom stereocenters. The number of aromatic nitrogens is 2. The first-order valence-corrected chi connectivity index (χ1v) is 5.32. The van der Waals surface area contributed by atoms with Gasteiger partial charge in [0, 0.05) is 19.8 Å². The SMILES string of the molecule is CN(CCOCCO)C(=O)c1c[nH]c(=O)[nH]c1=O. The Kier molecular flexibility index (Phi) is 5.28. The van der Waals surface area contributed by atoms with E-state index >= 15 is 0 Å². The lowest BCUT2D eigenvalue weighted by atomic mass is 10.3. The number of carbonyl (C=O) groups is 1. The van der Waals surface area contributed by atoms with Crippen molar-refractivity contribution < 1.29 is 14.6 Å². The van der Waals surface area contributed by atoms with Gasteiger partial charge in [-0.05, 0) is 0 Å². The molecule has 100 valence electrons. The molecule has 8 nitrogen and oxygen atoms in total. The molecule has 0 spiro atoms. The first-order chi connectivity index (χ1) is 8.56. The summed E-state index contributed by atoms with van der Waals surface area (Å²) in [6.45, 7) is 0.639. The highest BCUT2D eigenvalue weighted by molar-refractivity contribution is 5.93. The summed E-state index contributed by atoms with van der Waals surface area (Å²) in [6, 6.07) is 0. The predicted octanol–water partition coefficient (Wildman–Crippen LogP) is -1.86. The van der Waals surface area contributed by atoms with E-state index in [-0.39, 0.29) is 31.9 Å². The Morgan fingerprint density at radius 2 is 2.17 bits per heavy atom. The van der Waals surface area contributed by atoms with Gasteiger partial charge in [-0.1, -0.05) is 0 Å². The largest absolute Gasteiger partial charge is 0.394 e. The van der Waals surface area contributed by atoms with E-state index in [1.54, 1.807) is 0 Å². The van der Waals surface area contributed by atoms with Gasteiger partial charge in [0.25, 0.3) is 11.5 Å². The van der Waals surface area contributed by atoms with Crippen LogP contribution in [0.2, 0.25) is 0 Å². The van der Waals surface area contributed by atoms with Gasteiger partial charge in [0.2, 0.25) is 0 Å². The van der Waals surface area contributed by atoms with Crippen LogP contribution < -0.4 is 11.2 Å². The fourth-order valence-corrected chi connectivity index (χ4v) is 1.24. The Balaban J connectivity index is 2.63. The Bertz CT molecular complexity index is 507. The molecule has 0 saturated carbocycles. The van der Waals surface area contributed by atoms with Crippen molar-refractivity contribution >= 4 is 5.91 Å². The topological polar surface area (TPSA) is 115 Å². The number of rotatable bonds is 6. The summed E-state index contributed by atoms with van der Waals surface area (Å²) in [5.74, 6) is -0.514. The maximum atomic E-state index is 11.8. The Morgan fingerprint density at radius 1 is 1.44 bits per heavy atom. The second-order valence-electron chi connectivity index (χ2n) is 3.55. The Labute approximate surface area is 102 Å². The predicted molar refractivity (Wildman–Crippen MR) is 62.5 cm³/mol. The number of nitrogens with one attached hydrogen (secondary N) is 2. The summed E-state index contributed by atoms with van der Waals surface area (Å²) < 4.78 is 5.00. The number of nitrogens with zero attached hydrogens (tertiary/aromatic N) is 1. The van der Waals surface area contributed by atoms with E-state index in [1.807, 2.05) is 4.98 Å². The molecule has 0 fully saturated rings. The molecule has 0 aliphatic rings. The van der Waals surface area contributed by atoms with E-state index < -0.39 is 17.2 Å². The molecule has 18 heavy (non-hydrogen) atoms. The highest BCUT2D eigenvalue weighted by Crippen LogP contribution is 1.94. The van der Waals surface area contributed by atoms with E-state index in [2.05, 4.69) is 4.98 Å². The third kappa shape index (κ3) is 3.82. The average Bonchev–Trinajstić information content (AvgIpc) is 2.33. The molecule has 0 radical (unpaired) electrons. The molecule has 0 aliphatic carbocycles. The monoisotopic (exact) mass is 257 g/mol. The average molecular weight is 257 g/mol. The van der Waals surface area contributed by atoms with E-state index in [4.69, 9.17) is 9.84 Å². The van der Waals surface area contributed by atoms with Crippen molar-refractivity contribution in [1.82, 2.24) is 14.9 Å². The van der Waals surface area contributed by atoms with Gasteiger partial charge in [0.15, 0.2) is 0 Å². The second-order valence-corrected chi connectivity index (χ2v) is 3.55. The van der Waals surface area contributed by atoms with Crippen LogP contribution in [-0.4, -0.2) is 59.3 Å². The number of aliphatic hydroxyl groups excluding tert-OH is 1. The summed E-state index contributed by atoms with van der Waals surface area (Å²) in [4.78, 5) is 39.5. The maximum absolute atomic E-state index is 11.8. The summed E-state index contributed by atoms with van der Waals surface area (Å²) in [7, 11) is 1.51. The molecule has 1 aromatic rings. The van der Waals surface area contributed by atoms with Crippen LogP contribution in [-0.2, 0) is 4.74 Å². The zero-order chi connectivity index (χ0) is 13.5. The zero-order valence-electron chi connectivity index (χ0n) is 9.93. The number of aliphatic hydroxyl groups is 1. The fourth-order valence-electron chi connectivity index (χ4n) is 1.24. The lowest BCUT2D eigenvalue weighted by Crippen LogP contribution is -2.36. The molecule has 1 rings (SSSR count). The highest BCUT2D eigenvalue weighted by atomic mass is 16.5. The summed E-state index contributed by atoms with van der Waals surface area (Å²) in [6.07, 6.45) is 1.08. The summed E-state index contributed by atoms with van der Waals surface area (Å²) in [5, 5.41) is 8.50. The number of H-pyrrole nitrogens is 2. The van der Waals surface area contributed by atoms with E-state index in [0.717, 1.165) is 6.20 Å². The van der Waals surface area contributed by atoms with Crippen LogP contribution in [0.4, 0.5) is 0 Å². The van der Waals surface area contributed by atoms with Crippen LogP contribution in [0.25, 0.3) is 0 Å². The Hall–Kier alpha value is -1.93. The molecule has 1 aromatic heterocycles. The van der Waals surface area contributed by atoms with Crippen molar-refractivity contribution in [2.45, 2.75) is 0 Å². The molecule has 8 heteroatoms. The summed E-state index contributed by atoms with van der Waals surface area (Å²) in [5.41, 5.74) is -1.53. The van der Waals surface area contributed by atoms with Gasteiger partial charge in [-0.15, -0.1) is 0 Å². The van der Waals surface area contributed by atoms with Crippen molar-refractivity contribution in [3.05, 3.63) is 32.6 Å². The number of aromatic amines is 2. The first-order valence-electron chi connectivity index (χ1n) is 5.32. The quantitative estimate of drug-likeness (QED) is 0.517. The van der Waals surface area contributed by atoms with Gasteiger partial charge in [-0.3, -0.25) is 14.6 Å². The third-order valence-electron chi connectivity index (χ3n) is 2.20. The molecule has 3 N–H and O–H groups in total. The first kappa shape index (κ1) is 14.1. The molecule has 0 aromatic carbocycles. The smallest absolute Gasteiger partial charge is 0.325 e. The Morgan fingerprint density at radius 3 is 2.78 bits per heavy atom. The number of likely N-dealkylation sites (N-methyl/N-ethyl adjacent to an activating group) is 1. The fraction of sp³-hybridized carbons (Fsp3) is 0.500. The maximum Gasteiger partial charge on any atom is 0.325 e. The van der Waals surface area contributed by atoms with Gasteiger partial charge >= 0.3 is 5.69 Å². The van der Waals surface area contributed by atoms with Crippen LogP contribution in [0.3, 0.4) is 0 Å². The standard InChI is InChI=1S/C10H15N3O5/c1-13(2-4-18-5-3-14)9(16)7-6-11-10(17)12-8(7)15/h6,14H,2-5H2,1H3,(H2,11,12,15,17). The normalized spacial score (nSPS) is 10.3. The van der Waals surface area contributed by atoms with E-state index in [0.29, 0.717) is 0 Å². The molecule has 1 heterocycles. The minimum Gasteiger partial charge on any atom is -0.394 e. The molecule has 0 saturated heterocycles. The number of carbonyl (C=O) groups excluding carboxylic acids is 1. The number of hydrogen-bond acceptors (Lipinski definition) is 5. The lowest BCUT2D eigenvalue weighted by Gasteiger charge is -2.16. The molecular formula is C10H15N3O5. The number of ether oxygens (including phenoxy) is 1. The van der Waals surface area contributed by atoms with Crippen LogP contribution in [0, 0.1) is 0 Å². The van der Waals surface area contributed by atoms with Crippen LogP contribution in [0.1, 0.15) is 10.4 Å².